The Labute approximate surface area is 215 Å². The van der Waals surface area contributed by atoms with Crippen LogP contribution >= 0.6 is 5.69 Å². The molecule has 0 saturated carbocycles. The number of rotatable bonds is 18. The first-order chi connectivity index (χ1) is 13.8. The van der Waals surface area contributed by atoms with Gasteiger partial charge in [0.1, 0.15) is 0 Å². The number of hydrogen-bond acceptors (Lipinski definition) is 4. The van der Waals surface area contributed by atoms with Crippen LogP contribution in [0.1, 0.15) is 142 Å². The van der Waals surface area contributed by atoms with Crippen molar-refractivity contribution >= 4 is 29.7 Å². The SMILES string of the molecule is [CH2-]CCCCCCCCCCC.[CH2-]CCCCCCCCCCC.[Mo+3].[O-]P([O-])(=S)[S-]. The second-order valence-electron chi connectivity index (χ2n) is 7.81. The van der Waals surface area contributed by atoms with E-state index < -0.39 is 5.69 Å². The Balaban J connectivity index is -0.000000180. The fraction of sp³-hybridized carbons (Fsp3) is 0.917. The van der Waals surface area contributed by atoms with Gasteiger partial charge in [0.05, 0.1) is 0 Å². The summed E-state index contributed by atoms with van der Waals surface area (Å²) in [6, 6.07) is 0. The van der Waals surface area contributed by atoms with Gasteiger partial charge in [-0.15, -0.1) is 0 Å². The second kappa shape index (κ2) is 35.2. The summed E-state index contributed by atoms with van der Waals surface area (Å²) in [6.07, 6.45) is 27.8. The summed E-state index contributed by atoms with van der Waals surface area (Å²) in [7, 11) is 0. The molecule has 0 amide bonds. The van der Waals surface area contributed by atoms with Gasteiger partial charge in [0.2, 0.25) is 0 Å². The molecular weight excluding hydrogens is 511 g/mol. The van der Waals surface area contributed by atoms with Crippen molar-refractivity contribution in [3.63, 3.8) is 0 Å². The number of hydrogen-bond donors (Lipinski definition) is 0. The maximum absolute atomic E-state index is 9.29. The molecule has 0 spiro atoms. The summed E-state index contributed by atoms with van der Waals surface area (Å²) in [4.78, 5) is 18.6. The van der Waals surface area contributed by atoms with Gasteiger partial charge in [-0.25, -0.2) is 0 Å². The minimum atomic E-state index is -3.72. The zero-order valence-corrected chi connectivity index (χ0v) is 24.6. The molecule has 1 radical (unpaired) electrons. The molecule has 0 fully saturated rings. The van der Waals surface area contributed by atoms with Crippen molar-refractivity contribution in [2.75, 3.05) is 0 Å². The van der Waals surface area contributed by atoms with Crippen LogP contribution in [0.15, 0.2) is 0 Å². The molecule has 0 bridgehead atoms. The maximum Gasteiger partial charge on any atom is 3.00 e. The predicted octanol–water partition coefficient (Wildman–Crippen LogP) is 7.96. The first-order valence-corrected chi connectivity index (χ1v) is 15.8. The zero-order chi connectivity index (χ0) is 22.6. The molecule has 0 atom stereocenters. The molecule has 2 nitrogen and oxygen atoms in total. The van der Waals surface area contributed by atoms with Gasteiger partial charge in [-0.3, -0.25) is 0 Å². The Morgan fingerprint density at radius 1 is 0.567 bits per heavy atom. The Morgan fingerprint density at radius 3 is 0.900 bits per heavy atom. The smallest absolute Gasteiger partial charge is 0.850 e. The normalized spacial score (nSPS) is 10.4. The van der Waals surface area contributed by atoms with E-state index in [4.69, 9.17) is 0 Å². The fourth-order valence-corrected chi connectivity index (χ4v) is 2.97. The van der Waals surface area contributed by atoms with E-state index in [9.17, 15) is 9.79 Å². The van der Waals surface area contributed by atoms with Gasteiger partial charge in [0.15, 0.2) is 0 Å². The topological polar surface area (TPSA) is 46.1 Å². The van der Waals surface area contributed by atoms with E-state index in [1.165, 1.54) is 116 Å². The van der Waals surface area contributed by atoms with Gasteiger partial charge in [-0.1, -0.05) is 129 Å². The van der Waals surface area contributed by atoms with Gasteiger partial charge < -0.3 is 41.6 Å². The van der Waals surface area contributed by atoms with Crippen LogP contribution in [-0.2, 0) is 45.1 Å². The van der Waals surface area contributed by atoms with Crippen LogP contribution < -0.4 is 9.79 Å². The molecule has 0 aliphatic rings. The van der Waals surface area contributed by atoms with Crippen molar-refractivity contribution in [3.8, 4) is 0 Å². The summed E-state index contributed by atoms with van der Waals surface area (Å²) >= 11 is 7.28. The number of unbranched alkanes of at least 4 members (excludes halogenated alkanes) is 18. The predicted molar refractivity (Wildman–Crippen MR) is 136 cm³/mol. The fourth-order valence-electron chi connectivity index (χ4n) is 2.97. The molecule has 0 saturated heterocycles. The molecule has 0 aromatic heterocycles. The average Bonchev–Trinajstić information content (AvgIpc) is 2.65. The Hall–Kier alpha value is 1.61. The monoisotopic (exact) mass is 563 g/mol. The van der Waals surface area contributed by atoms with Gasteiger partial charge in [-0.2, -0.15) is 24.6 Å². The summed E-state index contributed by atoms with van der Waals surface area (Å²) in [6.45, 7) is 12.2. The van der Waals surface area contributed by atoms with Gasteiger partial charge in [0, 0.05) is 0 Å². The molecule has 30 heavy (non-hydrogen) atoms. The van der Waals surface area contributed by atoms with Crippen LogP contribution in [0.2, 0.25) is 0 Å². The molecule has 0 heterocycles. The van der Waals surface area contributed by atoms with Crippen molar-refractivity contribution in [3.05, 3.63) is 13.8 Å². The van der Waals surface area contributed by atoms with E-state index in [1.54, 1.807) is 0 Å². The first-order valence-electron chi connectivity index (χ1n) is 12.1. The molecule has 0 aliphatic carbocycles. The Morgan fingerprint density at radius 2 is 0.733 bits per heavy atom. The van der Waals surface area contributed by atoms with Crippen LogP contribution in [0.25, 0.3) is 0 Å². The van der Waals surface area contributed by atoms with Crippen molar-refractivity contribution in [1.29, 1.82) is 0 Å². The van der Waals surface area contributed by atoms with E-state index in [-0.39, 0.29) is 21.1 Å². The Bertz CT molecular complexity index is 267. The van der Waals surface area contributed by atoms with E-state index in [1.807, 2.05) is 0 Å². The third-order valence-corrected chi connectivity index (χ3v) is 4.71. The molecule has 6 heteroatoms. The van der Waals surface area contributed by atoms with Crippen LogP contribution in [0, 0.1) is 13.8 Å². The van der Waals surface area contributed by atoms with E-state index >= 15 is 0 Å². The van der Waals surface area contributed by atoms with Crippen LogP contribution in [-0.4, -0.2) is 0 Å². The quantitative estimate of drug-likeness (QED) is 0.0560. The molecule has 0 N–H and O–H groups in total. The second-order valence-corrected chi connectivity index (χ2v) is 12.3. The standard InChI is InChI=1S/2C12H25.Mo.H3O2PS2/c2*1-3-5-7-9-11-12-10-8-6-4-2;;1-3(2,4)5/h2*1,3-12H2,2H3;;(H3,1,2,4,5)/q2*-1;+3;/p-3. The van der Waals surface area contributed by atoms with Crippen molar-refractivity contribution in [1.82, 2.24) is 0 Å². The Kier molecular flexibility index (Phi) is 45.6. The van der Waals surface area contributed by atoms with Crippen molar-refractivity contribution < 1.29 is 30.9 Å². The third kappa shape index (κ3) is 63.0. The molecular formula is C24H50MoO2PS2-2. The van der Waals surface area contributed by atoms with Crippen molar-refractivity contribution in [2.45, 2.75) is 142 Å². The summed E-state index contributed by atoms with van der Waals surface area (Å²) in [5.74, 6) is 0. The molecule has 0 unspecified atom stereocenters. The first kappa shape index (κ1) is 38.9. The third-order valence-electron chi connectivity index (χ3n) is 4.71. The van der Waals surface area contributed by atoms with Crippen LogP contribution in [0.4, 0.5) is 0 Å². The van der Waals surface area contributed by atoms with Crippen LogP contribution in [0.3, 0.4) is 0 Å². The molecule has 0 rings (SSSR count). The molecule has 0 aliphatic heterocycles. The van der Waals surface area contributed by atoms with Crippen LogP contribution in [0.5, 0.6) is 0 Å². The molecule has 0 aromatic rings. The molecule has 0 aromatic carbocycles. The zero-order valence-electron chi connectivity index (χ0n) is 20.0. The summed E-state index contributed by atoms with van der Waals surface area (Å²) in [5, 5.41) is 0. The van der Waals surface area contributed by atoms with E-state index in [0.29, 0.717) is 0 Å². The van der Waals surface area contributed by atoms with E-state index in [2.05, 4.69) is 51.8 Å². The average molecular weight is 562 g/mol. The molecule has 183 valence electrons. The summed E-state index contributed by atoms with van der Waals surface area (Å²) < 4.78 is 0. The largest absolute Gasteiger partial charge is 3.00 e. The minimum absolute atomic E-state index is 0. The van der Waals surface area contributed by atoms with Gasteiger partial charge in [0.25, 0.3) is 0 Å². The van der Waals surface area contributed by atoms with Gasteiger partial charge in [-0.05, 0) is 0 Å². The maximum atomic E-state index is 9.29. The van der Waals surface area contributed by atoms with E-state index in [0.717, 1.165) is 12.8 Å². The van der Waals surface area contributed by atoms with Gasteiger partial charge >= 0.3 is 21.1 Å². The minimum Gasteiger partial charge on any atom is -0.850 e. The summed E-state index contributed by atoms with van der Waals surface area (Å²) in [5.41, 5.74) is -3.72. The van der Waals surface area contributed by atoms with Crippen molar-refractivity contribution in [2.24, 2.45) is 0 Å².